The minimum atomic E-state index is -0.720. The molecule has 1 aliphatic rings. The van der Waals surface area contributed by atoms with Crippen LogP contribution in [0.15, 0.2) is 0 Å². The number of ether oxygens (including phenoxy) is 3. The van der Waals surface area contributed by atoms with E-state index < -0.39 is 18.2 Å². The van der Waals surface area contributed by atoms with Gasteiger partial charge in [-0.15, -0.1) is 0 Å². The van der Waals surface area contributed by atoms with Crippen LogP contribution in [0.5, 0.6) is 0 Å². The fraction of sp³-hybridized carbons (Fsp3) is 0.900. The van der Waals surface area contributed by atoms with Gasteiger partial charge < -0.3 is 19.3 Å². The Morgan fingerprint density at radius 2 is 2.13 bits per heavy atom. The Balaban J connectivity index is 2.78. The highest BCUT2D eigenvalue weighted by Crippen LogP contribution is 2.31. The second-order valence-electron chi connectivity index (χ2n) is 3.57. The molecule has 1 unspecified atom stereocenters. The van der Waals surface area contributed by atoms with Crippen LogP contribution in [0.1, 0.15) is 13.3 Å². The smallest absolute Gasteiger partial charge is 0.337 e. The first-order chi connectivity index (χ1) is 7.19. The van der Waals surface area contributed by atoms with Crippen LogP contribution in [0.25, 0.3) is 0 Å². The Morgan fingerprint density at radius 1 is 1.47 bits per heavy atom. The molecular formula is C10H18O5. The third-order valence-corrected chi connectivity index (χ3v) is 2.84. The van der Waals surface area contributed by atoms with Gasteiger partial charge in [0.2, 0.25) is 0 Å². The molecule has 0 aromatic heterocycles. The van der Waals surface area contributed by atoms with Gasteiger partial charge in [-0.3, -0.25) is 0 Å². The van der Waals surface area contributed by atoms with Gasteiger partial charge in [0, 0.05) is 13.0 Å². The quantitative estimate of drug-likeness (QED) is 0.671. The monoisotopic (exact) mass is 218 g/mol. The van der Waals surface area contributed by atoms with Crippen LogP contribution in [-0.2, 0) is 19.0 Å². The molecule has 5 nitrogen and oxygen atoms in total. The van der Waals surface area contributed by atoms with Crippen LogP contribution < -0.4 is 0 Å². The summed E-state index contributed by atoms with van der Waals surface area (Å²) >= 11 is 0. The summed E-state index contributed by atoms with van der Waals surface area (Å²) < 4.78 is 15.3. The topological polar surface area (TPSA) is 65.0 Å². The van der Waals surface area contributed by atoms with Crippen LogP contribution in [0.4, 0.5) is 0 Å². The lowest BCUT2D eigenvalue weighted by Crippen LogP contribution is -2.37. The van der Waals surface area contributed by atoms with E-state index in [9.17, 15) is 9.90 Å². The average molecular weight is 218 g/mol. The highest BCUT2D eigenvalue weighted by Gasteiger charge is 2.47. The zero-order chi connectivity index (χ0) is 11.4. The van der Waals surface area contributed by atoms with Crippen LogP contribution in [0, 0.1) is 5.92 Å². The third-order valence-electron chi connectivity index (χ3n) is 2.84. The standard InChI is InChI=1S/C10H18O5/c1-4-7-6(5-11)8(13-2)9(15-7)10(12)14-3/h6-9,11H,4-5H2,1-3H3/t6-,7?,8+,9+/m1/s1. The van der Waals surface area contributed by atoms with Gasteiger partial charge in [0.05, 0.1) is 19.8 Å². The van der Waals surface area contributed by atoms with E-state index in [1.807, 2.05) is 6.92 Å². The fourth-order valence-electron chi connectivity index (χ4n) is 2.03. The molecule has 1 N–H and O–H groups in total. The van der Waals surface area contributed by atoms with Crippen molar-refractivity contribution in [2.24, 2.45) is 5.92 Å². The molecule has 1 rings (SSSR count). The van der Waals surface area contributed by atoms with E-state index in [1.165, 1.54) is 14.2 Å². The Kier molecular flexibility index (Phi) is 4.50. The van der Waals surface area contributed by atoms with Crippen LogP contribution in [-0.4, -0.2) is 50.2 Å². The summed E-state index contributed by atoms with van der Waals surface area (Å²) in [5.41, 5.74) is 0. The summed E-state index contributed by atoms with van der Waals surface area (Å²) in [5.74, 6) is -0.611. The van der Waals surface area contributed by atoms with Crippen molar-refractivity contribution in [1.29, 1.82) is 0 Å². The highest BCUT2D eigenvalue weighted by atomic mass is 16.6. The lowest BCUT2D eigenvalue weighted by molar-refractivity contribution is -0.158. The Hall–Kier alpha value is -0.650. The molecule has 0 radical (unpaired) electrons. The second kappa shape index (κ2) is 5.44. The number of carbonyl (C=O) groups is 1. The normalized spacial score (nSPS) is 35.5. The van der Waals surface area contributed by atoms with Crippen molar-refractivity contribution in [1.82, 2.24) is 0 Å². The van der Waals surface area contributed by atoms with E-state index in [-0.39, 0.29) is 18.6 Å². The van der Waals surface area contributed by atoms with E-state index in [2.05, 4.69) is 4.74 Å². The van der Waals surface area contributed by atoms with Crippen LogP contribution in [0.2, 0.25) is 0 Å². The first-order valence-corrected chi connectivity index (χ1v) is 5.06. The molecule has 0 saturated carbocycles. The molecule has 5 heteroatoms. The van der Waals surface area contributed by atoms with Crippen molar-refractivity contribution in [3.05, 3.63) is 0 Å². The number of hydrogen-bond acceptors (Lipinski definition) is 5. The molecule has 0 aromatic rings. The van der Waals surface area contributed by atoms with Crippen molar-refractivity contribution < 1.29 is 24.1 Å². The van der Waals surface area contributed by atoms with Crippen LogP contribution >= 0.6 is 0 Å². The number of aliphatic hydroxyl groups is 1. The number of rotatable bonds is 4. The molecular weight excluding hydrogens is 200 g/mol. The maximum atomic E-state index is 11.4. The van der Waals surface area contributed by atoms with Gasteiger partial charge >= 0.3 is 5.97 Å². The molecule has 1 saturated heterocycles. The fourth-order valence-corrected chi connectivity index (χ4v) is 2.03. The van der Waals surface area contributed by atoms with Gasteiger partial charge in [-0.2, -0.15) is 0 Å². The summed E-state index contributed by atoms with van der Waals surface area (Å²) in [6, 6.07) is 0. The molecule has 1 aliphatic heterocycles. The lowest BCUT2D eigenvalue weighted by Gasteiger charge is -2.19. The predicted octanol–water partition coefficient (Wildman–Crippen LogP) is -0.0397. The van der Waals surface area contributed by atoms with Crippen molar-refractivity contribution in [3.8, 4) is 0 Å². The Morgan fingerprint density at radius 3 is 2.53 bits per heavy atom. The SMILES string of the molecule is CCC1O[C@H](C(=O)OC)[C@@H](OC)[C@@H]1CO. The molecule has 15 heavy (non-hydrogen) atoms. The Bertz CT molecular complexity index is 218. The maximum Gasteiger partial charge on any atom is 0.337 e. The van der Waals surface area contributed by atoms with Gasteiger partial charge in [0.15, 0.2) is 6.10 Å². The summed E-state index contributed by atoms with van der Waals surface area (Å²) in [7, 11) is 2.82. The first-order valence-electron chi connectivity index (χ1n) is 5.06. The lowest BCUT2D eigenvalue weighted by atomic mass is 9.95. The summed E-state index contributed by atoms with van der Waals surface area (Å²) in [6.45, 7) is 1.89. The predicted molar refractivity (Wildman–Crippen MR) is 52.3 cm³/mol. The second-order valence-corrected chi connectivity index (χ2v) is 3.57. The first kappa shape index (κ1) is 12.4. The number of aliphatic hydroxyl groups excluding tert-OH is 1. The minimum absolute atomic E-state index is 0.0511. The number of esters is 1. The molecule has 0 spiro atoms. The van der Waals surface area contributed by atoms with Crippen LogP contribution in [0.3, 0.4) is 0 Å². The highest BCUT2D eigenvalue weighted by molar-refractivity contribution is 5.75. The number of hydrogen-bond donors (Lipinski definition) is 1. The van der Waals surface area contributed by atoms with Gasteiger partial charge in [-0.05, 0) is 6.42 Å². The Labute approximate surface area is 89.3 Å². The summed E-state index contributed by atoms with van der Waals surface area (Å²) in [5, 5.41) is 9.23. The molecule has 88 valence electrons. The van der Waals surface area contributed by atoms with E-state index in [4.69, 9.17) is 9.47 Å². The molecule has 1 heterocycles. The zero-order valence-corrected chi connectivity index (χ0v) is 9.30. The maximum absolute atomic E-state index is 11.4. The van der Waals surface area contributed by atoms with Gasteiger partial charge in [0.1, 0.15) is 6.10 Å². The average Bonchev–Trinajstić information content (AvgIpc) is 2.65. The molecule has 0 bridgehead atoms. The zero-order valence-electron chi connectivity index (χ0n) is 9.30. The van der Waals surface area contributed by atoms with Crippen molar-refractivity contribution in [2.45, 2.75) is 31.7 Å². The summed E-state index contributed by atoms with van der Waals surface area (Å²) in [6.07, 6.45) is -0.558. The van der Waals surface area contributed by atoms with E-state index in [0.717, 1.165) is 6.42 Å². The molecule has 0 aliphatic carbocycles. The van der Waals surface area contributed by atoms with Crippen molar-refractivity contribution >= 4 is 5.97 Å². The van der Waals surface area contributed by atoms with E-state index in [1.54, 1.807) is 0 Å². The summed E-state index contributed by atoms with van der Waals surface area (Å²) in [4.78, 5) is 11.4. The largest absolute Gasteiger partial charge is 0.467 e. The van der Waals surface area contributed by atoms with E-state index in [0.29, 0.717) is 0 Å². The molecule has 1 fully saturated rings. The van der Waals surface area contributed by atoms with E-state index >= 15 is 0 Å². The van der Waals surface area contributed by atoms with Gasteiger partial charge in [-0.25, -0.2) is 4.79 Å². The third kappa shape index (κ3) is 2.30. The molecule has 0 aromatic carbocycles. The minimum Gasteiger partial charge on any atom is -0.467 e. The molecule has 4 atom stereocenters. The molecule has 0 amide bonds. The van der Waals surface area contributed by atoms with Gasteiger partial charge in [-0.1, -0.05) is 6.92 Å². The van der Waals surface area contributed by atoms with Gasteiger partial charge in [0.25, 0.3) is 0 Å². The number of methoxy groups -OCH3 is 2. The van der Waals surface area contributed by atoms with Crippen molar-refractivity contribution in [3.63, 3.8) is 0 Å². The van der Waals surface area contributed by atoms with Crippen molar-refractivity contribution in [2.75, 3.05) is 20.8 Å². The number of carbonyl (C=O) groups excluding carboxylic acids is 1.